The summed E-state index contributed by atoms with van der Waals surface area (Å²) in [4.78, 5) is 10.9. The Morgan fingerprint density at radius 2 is 2.00 bits per heavy atom. The highest BCUT2D eigenvalue weighted by molar-refractivity contribution is 9.10. The van der Waals surface area contributed by atoms with Crippen LogP contribution in [0.15, 0.2) is 57.4 Å². The van der Waals surface area contributed by atoms with Crippen LogP contribution in [0.3, 0.4) is 0 Å². The minimum Gasteiger partial charge on any atom is -0.475 e. The van der Waals surface area contributed by atoms with Crippen LogP contribution in [0.5, 0.6) is 0 Å². The van der Waals surface area contributed by atoms with Gasteiger partial charge in [0.05, 0.1) is 0 Å². The van der Waals surface area contributed by atoms with Gasteiger partial charge >= 0.3 is 5.97 Å². The first-order valence-corrected chi connectivity index (χ1v) is 7.17. The van der Waals surface area contributed by atoms with Crippen molar-refractivity contribution in [2.24, 2.45) is 0 Å². The number of anilines is 1. The van der Waals surface area contributed by atoms with Crippen molar-refractivity contribution in [3.05, 3.63) is 64.3 Å². The SMILES string of the molecule is O=C(O)c1cc2cc(CNc3ccccc3Br)ccc2o1. The number of carbonyl (C=O) groups is 1. The molecule has 0 saturated carbocycles. The van der Waals surface area contributed by atoms with Gasteiger partial charge in [-0.25, -0.2) is 4.79 Å². The molecule has 3 rings (SSSR count). The first-order chi connectivity index (χ1) is 10.1. The van der Waals surface area contributed by atoms with E-state index in [0.717, 1.165) is 21.1 Å². The van der Waals surface area contributed by atoms with E-state index in [1.807, 2.05) is 36.4 Å². The van der Waals surface area contributed by atoms with E-state index in [1.54, 1.807) is 12.1 Å². The van der Waals surface area contributed by atoms with E-state index in [9.17, 15) is 4.79 Å². The van der Waals surface area contributed by atoms with Crippen molar-refractivity contribution in [3.8, 4) is 0 Å². The summed E-state index contributed by atoms with van der Waals surface area (Å²) in [5, 5.41) is 13.0. The second kappa shape index (κ2) is 5.61. The number of hydrogen-bond donors (Lipinski definition) is 2. The Kier molecular flexibility index (Phi) is 3.66. The lowest BCUT2D eigenvalue weighted by Gasteiger charge is -2.08. The molecule has 0 saturated heterocycles. The molecule has 0 spiro atoms. The van der Waals surface area contributed by atoms with Crippen LogP contribution in [0.2, 0.25) is 0 Å². The molecule has 1 heterocycles. The summed E-state index contributed by atoms with van der Waals surface area (Å²) in [5.74, 6) is -1.10. The molecule has 5 heteroatoms. The Morgan fingerprint density at radius 1 is 1.19 bits per heavy atom. The first-order valence-electron chi connectivity index (χ1n) is 6.37. The predicted molar refractivity (Wildman–Crippen MR) is 84.6 cm³/mol. The molecular formula is C16H12BrNO3. The summed E-state index contributed by atoms with van der Waals surface area (Å²) in [6, 6.07) is 15.1. The standard InChI is InChI=1S/C16H12BrNO3/c17-12-3-1-2-4-13(12)18-9-10-5-6-14-11(7-10)8-15(21-14)16(19)20/h1-8,18H,9H2,(H,19,20). The number of rotatable bonds is 4. The Bertz CT molecular complexity index is 810. The van der Waals surface area contributed by atoms with Crippen LogP contribution in [-0.2, 0) is 6.54 Å². The molecule has 21 heavy (non-hydrogen) atoms. The van der Waals surface area contributed by atoms with Crippen LogP contribution in [0.1, 0.15) is 16.1 Å². The van der Waals surface area contributed by atoms with Gasteiger partial charge in [0, 0.05) is 22.1 Å². The molecule has 1 aromatic heterocycles. The van der Waals surface area contributed by atoms with Crippen LogP contribution in [0.25, 0.3) is 11.0 Å². The van der Waals surface area contributed by atoms with Crippen LogP contribution in [-0.4, -0.2) is 11.1 Å². The Labute approximate surface area is 129 Å². The molecular weight excluding hydrogens is 334 g/mol. The molecule has 0 bridgehead atoms. The van der Waals surface area contributed by atoms with Gasteiger partial charge in [-0.3, -0.25) is 0 Å². The second-order valence-corrected chi connectivity index (χ2v) is 5.48. The number of para-hydroxylation sites is 1. The number of aromatic carboxylic acids is 1. The number of benzene rings is 2. The molecule has 106 valence electrons. The molecule has 0 aliphatic rings. The number of halogens is 1. The fraction of sp³-hybridized carbons (Fsp3) is 0.0625. The zero-order chi connectivity index (χ0) is 14.8. The number of nitrogens with one attached hydrogen (secondary N) is 1. The second-order valence-electron chi connectivity index (χ2n) is 4.62. The molecule has 0 amide bonds. The summed E-state index contributed by atoms with van der Waals surface area (Å²) in [6.45, 7) is 0.645. The summed E-state index contributed by atoms with van der Waals surface area (Å²) in [7, 11) is 0. The van der Waals surface area contributed by atoms with Gasteiger partial charge in [-0.05, 0) is 51.8 Å². The van der Waals surface area contributed by atoms with Crippen molar-refractivity contribution in [1.29, 1.82) is 0 Å². The third kappa shape index (κ3) is 2.92. The van der Waals surface area contributed by atoms with Gasteiger partial charge < -0.3 is 14.8 Å². The fourth-order valence-electron chi connectivity index (χ4n) is 2.11. The Hall–Kier alpha value is -2.27. The summed E-state index contributed by atoms with van der Waals surface area (Å²) < 4.78 is 6.24. The topological polar surface area (TPSA) is 62.5 Å². The molecule has 0 aliphatic carbocycles. The van der Waals surface area contributed by atoms with E-state index in [2.05, 4.69) is 21.2 Å². The smallest absolute Gasteiger partial charge is 0.371 e. The highest BCUT2D eigenvalue weighted by atomic mass is 79.9. The third-order valence-electron chi connectivity index (χ3n) is 3.15. The van der Waals surface area contributed by atoms with Crippen molar-refractivity contribution in [3.63, 3.8) is 0 Å². The van der Waals surface area contributed by atoms with Gasteiger partial charge in [0.15, 0.2) is 0 Å². The molecule has 0 aliphatic heterocycles. The molecule has 0 atom stereocenters. The normalized spacial score (nSPS) is 10.7. The average molecular weight is 346 g/mol. The number of furan rings is 1. The molecule has 3 aromatic rings. The number of carboxylic acid groups (broad SMARTS) is 1. The van der Waals surface area contributed by atoms with Crippen LogP contribution in [0, 0.1) is 0 Å². The molecule has 2 N–H and O–H groups in total. The highest BCUT2D eigenvalue weighted by Crippen LogP contribution is 2.24. The van der Waals surface area contributed by atoms with Gasteiger partial charge in [0.1, 0.15) is 5.58 Å². The van der Waals surface area contributed by atoms with E-state index in [1.165, 1.54) is 0 Å². The van der Waals surface area contributed by atoms with Gasteiger partial charge in [-0.1, -0.05) is 18.2 Å². The lowest BCUT2D eigenvalue weighted by molar-refractivity contribution is 0.0665. The zero-order valence-corrected chi connectivity index (χ0v) is 12.6. The molecule has 0 radical (unpaired) electrons. The maximum atomic E-state index is 10.9. The first kappa shape index (κ1) is 13.7. The largest absolute Gasteiger partial charge is 0.475 e. The van der Waals surface area contributed by atoms with E-state index in [0.29, 0.717) is 12.1 Å². The fourth-order valence-corrected chi connectivity index (χ4v) is 2.54. The van der Waals surface area contributed by atoms with Crippen molar-refractivity contribution < 1.29 is 14.3 Å². The van der Waals surface area contributed by atoms with Crippen molar-refractivity contribution >= 4 is 38.6 Å². The Morgan fingerprint density at radius 3 is 2.76 bits per heavy atom. The lowest BCUT2D eigenvalue weighted by atomic mass is 10.1. The summed E-state index contributed by atoms with van der Waals surface area (Å²) >= 11 is 3.49. The van der Waals surface area contributed by atoms with Gasteiger partial charge in [0.25, 0.3) is 0 Å². The van der Waals surface area contributed by atoms with Gasteiger partial charge in [-0.15, -0.1) is 0 Å². The van der Waals surface area contributed by atoms with Crippen LogP contribution in [0.4, 0.5) is 5.69 Å². The van der Waals surface area contributed by atoms with Crippen molar-refractivity contribution in [2.45, 2.75) is 6.54 Å². The minimum absolute atomic E-state index is 0.0408. The number of carboxylic acids is 1. The molecule has 0 fully saturated rings. The van der Waals surface area contributed by atoms with Gasteiger partial charge in [0.2, 0.25) is 5.76 Å². The van der Waals surface area contributed by atoms with E-state index < -0.39 is 5.97 Å². The molecule has 0 unspecified atom stereocenters. The summed E-state index contributed by atoms with van der Waals surface area (Å²) in [6.07, 6.45) is 0. The summed E-state index contributed by atoms with van der Waals surface area (Å²) in [5.41, 5.74) is 2.64. The van der Waals surface area contributed by atoms with Crippen molar-refractivity contribution in [2.75, 3.05) is 5.32 Å². The Balaban J connectivity index is 1.81. The van der Waals surface area contributed by atoms with Crippen molar-refractivity contribution in [1.82, 2.24) is 0 Å². The van der Waals surface area contributed by atoms with Crippen LogP contribution >= 0.6 is 15.9 Å². The minimum atomic E-state index is -1.06. The maximum absolute atomic E-state index is 10.9. The monoisotopic (exact) mass is 345 g/mol. The van der Waals surface area contributed by atoms with Crippen LogP contribution < -0.4 is 5.32 Å². The third-order valence-corrected chi connectivity index (χ3v) is 3.84. The van der Waals surface area contributed by atoms with E-state index >= 15 is 0 Å². The predicted octanol–water partition coefficient (Wildman–Crippen LogP) is 4.51. The number of hydrogen-bond acceptors (Lipinski definition) is 3. The molecule has 2 aromatic carbocycles. The number of fused-ring (bicyclic) bond motifs is 1. The lowest BCUT2D eigenvalue weighted by Crippen LogP contribution is -1.99. The molecule has 4 nitrogen and oxygen atoms in total. The quantitative estimate of drug-likeness (QED) is 0.730. The van der Waals surface area contributed by atoms with E-state index in [4.69, 9.17) is 9.52 Å². The highest BCUT2D eigenvalue weighted by Gasteiger charge is 2.10. The maximum Gasteiger partial charge on any atom is 0.371 e. The average Bonchev–Trinajstić information content (AvgIpc) is 2.90. The van der Waals surface area contributed by atoms with Gasteiger partial charge in [-0.2, -0.15) is 0 Å². The van der Waals surface area contributed by atoms with E-state index in [-0.39, 0.29) is 5.76 Å². The zero-order valence-electron chi connectivity index (χ0n) is 11.0.